The van der Waals surface area contributed by atoms with Crippen LogP contribution in [0.1, 0.15) is 10.5 Å². The SMILES string of the molecule is NC(=O)c1n[nH]nc1-c1ccc(Sc2ccc(F)cc2)c([N+](=O)[O-])c1. The summed E-state index contributed by atoms with van der Waals surface area (Å²) in [6.45, 7) is 0. The summed E-state index contributed by atoms with van der Waals surface area (Å²) in [5, 5.41) is 21.1. The number of aromatic amines is 1. The van der Waals surface area contributed by atoms with Gasteiger partial charge in [-0.05, 0) is 30.3 Å². The fourth-order valence-electron chi connectivity index (χ4n) is 2.13. The third-order valence-corrected chi connectivity index (χ3v) is 4.32. The fourth-order valence-corrected chi connectivity index (χ4v) is 3.03. The number of hydrogen-bond acceptors (Lipinski definition) is 6. The summed E-state index contributed by atoms with van der Waals surface area (Å²) in [5.41, 5.74) is 5.39. The number of benzene rings is 2. The van der Waals surface area contributed by atoms with Gasteiger partial charge in [0.25, 0.3) is 11.6 Å². The van der Waals surface area contributed by atoms with E-state index in [1.54, 1.807) is 6.07 Å². The Hall–Kier alpha value is -3.27. The summed E-state index contributed by atoms with van der Waals surface area (Å²) in [6.07, 6.45) is 0. The van der Waals surface area contributed by atoms with Crippen molar-refractivity contribution in [3.05, 3.63) is 64.1 Å². The van der Waals surface area contributed by atoms with Gasteiger partial charge in [-0.3, -0.25) is 14.9 Å². The largest absolute Gasteiger partial charge is 0.364 e. The Morgan fingerprint density at radius 3 is 2.56 bits per heavy atom. The van der Waals surface area contributed by atoms with E-state index in [-0.39, 0.29) is 22.9 Å². The van der Waals surface area contributed by atoms with Gasteiger partial charge in [0, 0.05) is 16.5 Å². The number of H-pyrrole nitrogens is 1. The number of carbonyl (C=O) groups is 1. The molecule has 0 unspecified atom stereocenters. The molecule has 1 aromatic heterocycles. The van der Waals surface area contributed by atoms with E-state index in [4.69, 9.17) is 5.73 Å². The molecule has 1 amide bonds. The third kappa shape index (κ3) is 3.48. The first kappa shape index (κ1) is 16.6. The number of nitrogens with one attached hydrogen (secondary N) is 1. The Kier molecular flexibility index (Phi) is 4.44. The van der Waals surface area contributed by atoms with Gasteiger partial charge in [0.15, 0.2) is 5.69 Å². The van der Waals surface area contributed by atoms with Gasteiger partial charge in [-0.25, -0.2) is 4.39 Å². The standard InChI is InChI=1S/C15H10FN5O3S/c16-9-2-4-10(5-3-9)25-12-6-1-8(7-11(12)21(23)24)13-14(15(17)22)19-20-18-13/h1-7H,(H2,17,22)(H,18,19,20). The molecule has 0 fully saturated rings. The number of nitrogens with two attached hydrogens (primary N) is 1. The highest BCUT2D eigenvalue weighted by Crippen LogP contribution is 2.37. The van der Waals surface area contributed by atoms with Crippen molar-refractivity contribution < 1.29 is 14.1 Å². The molecule has 0 radical (unpaired) electrons. The minimum Gasteiger partial charge on any atom is -0.364 e. The molecule has 0 atom stereocenters. The van der Waals surface area contributed by atoms with Gasteiger partial charge < -0.3 is 5.73 Å². The van der Waals surface area contributed by atoms with Crippen LogP contribution in [-0.2, 0) is 0 Å². The normalized spacial score (nSPS) is 10.6. The minimum atomic E-state index is -0.795. The average Bonchev–Trinajstić information content (AvgIpc) is 3.07. The first-order valence-electron chi connectivity index (χ1n) is 6.88. The van der Waals surface area contributed by atoms with Gasteiger partial charge >= 0.3 is 0 Å². The molecule has 0 saturated carbocycles. The van der Waals surface area contributed by atoms with Crippen LogP contribution in [0, 0.1) is 15.9 Å². The lowest BCUT2D eigenvalue weighted by Gasteiger charge is -2.05. The van der Waals surface area contributed by atoms with E-state index < -0.39 is 10.8 Å². The second-order valence-corrected chi connectivity index (χ2v) is 6.00. The van der Waals surface area contributed by atoms with E-state index in [2.05, 4.69) is 15.4 Å². The number of halogens is 1. The Morgan fingerprint density at radius 2 is 1.92 bits per heavy atom. The topological polar surface area (TPSA) is 128 Å². The van der Waals surface area contributed by atoms with Gasteiger partial charge in [-0.2, -0.15) is 15.4 Å². The van der Waals surface area contributed by atoms with Crippen molar-refractivity contribution in [1.29, 1.82) is 0 Å². The Bertz CT molecular complexity index is 958. The maximum Gasteiger partial charge on any atom is 0.283 e. The summed E-state index contributed by atoms with van der Waals surface area (Å²) in [6, 6.07) is 10.00. The highest BCUT2D eigenvalue weighted by molar-refractivity contribution is 7.99. The van der Waals surface area contributed by atoms with E-state index in [0.717, 1.165) is 11.8 Å². The fraction of sp³-hybridized carbons (Fsp3) is 0. The highest BCUT2D eigenvalue weighted by atomic mass is 32.2. The van der Waals surface area contributed by atoms with Crippen molar-refractivity contribution in [2.75, 3.05) is 0 Å². The van der Waals surface area contributed by atoms with Crippen LogP contribution < -0.4 is 5.73 Å². The number of nitro benzene ring substituents is 1. The second-order valence-electron chi connectivity index (χ2n) is 4.88. The van der Waals surface area contributed by atoms with Crippen LogP contribution in [0.2, 0.25) is 0 Å². The number of primary amides is 1. The molecule has 25 heavy (non-hydrogen) atoms. The zero-order chi connectivity index (χ0) is 18.0. The molecule has 0 aliphatic rings. The van der Waals surface area contributed by atoms with Crippen LogP contribution in [-0.4, -0.2) is 26.2 Å². The van der Waals surface area contributed by atoms with Gasteiger partial charge in [0.1, 0.15) is 11.5 Å². The summed E-state index contributed by atoms with van der Waals surface area (Å²) >= 11 is 1.12. The van der Waals surface area contributed by atoms with Crippen molar-refractivity contribution in [1.82, 2.24) is 15.4 Å². The van der Waals surface area contributed by atoms with Crippen molar-refractivity contribution in [3.63, 3.8) is 0 Å². The number of hydrogen-bond donors (Lipinski definition) is 2. The molecule has 0 aliphatic heterocycles. The molecular formula is C15H10FN5O3S. The lowest BCUT2D eigenvalue weighted by Crippen LogP contribution is -2.12. The molecule has 2 aromatic carbocycles. The predicted octanol–water partition coefficient (Wildman–Crippen LogP) is 2.77. The van der Waals surface area contributed by atoms with Gasteiger partial charge in [0.2, 0.25) is 0 Å². The number of carbonyl (C=O) groups excluding carboxylic acids is 1. The number of rotatable bonds is 5. The van der Waals surface area contributed by atoms with Crippen molar-refractivity contribution in [2.24, 2.45) is 5.73 Å². The van der Waals surface area contributed by atoms with Crippen molar-refractivity contribution in [2.45, 2.75) is 9.79 Å². The quantitative estimate of drug-likeness (QED) is 0.532. The van der Waals surface area contributed by atoms with Crippen LogP contribution >= 0.6 is 11.8 Å². The lowest BCUT2D eigenvalue weighted by atomic mass is 10.1. The van der Waals surface area contributed by atoms with Crippen LogP contribution in [0.3, 0.4) is 0 Å². The van der Waals surface area contributed by atoms with Crippen LogP contribution in [0.15, 0.2) is 52.3 Å². The van der Waals surface area contributed by atoms with Gasteiger partial charge in [-0.1, -0.05) is 17.8 Å². The van der Waals surface area contributed by atoms with Crippen molar-refractivity contribution >= 4 is 23.4 Å². The van der Waals surface area contributed by atoms with E-state index in [9.17, 15) is 19.3 Å². The van der Waals surface area contributed by atoms with Crippen LogP contribution in [0.5, 0.6) is 0 Å². The number of nitro groups is 1. The van der Waals surface area contributed by atoms with Gasteiger partial charge in [0.05, 0.1) is 9.82 Å². The maximum atomic E-state index is 13.0. The molecule has 0 aliphatic carbocycles. The molecule has 3 rings (SSSR count). The Balaban J connectivity index is 2.01. The number of aromatic nitrogens is 3. The highest BCUT2D eigenvalue weighted by Gasteiger charge is 2.21. The summed E-state index contributed by atoms with van der Waals surface area (Å²) in [4.78, 5) is 23.2. The van der Waals surface area contributed by atoms with Crippen LogP contribution in [0.4, 0.5) is 10.1 Å². The van der Waals surface area contributed by atoms with E-state index in [1.807, 2.05) is 0 Å². The molecule has 0 bridgehead atoms. The first-order chi connectivity index (χ1) is 12.0. The molecular weight excluding hydrogens is 349 g/mol. The average molecular weight is 359 g/mol. The van der Waals surface area contributed by atoms with E-state index in [1.165, 1.54) is 36.4 Å². The zero-order valence-electron chi connectivity index (χ0n) is 12.5. The predicted molar refractivity (Wildman–Crippen MR) is 87.5 cm³/mol. The second kappa shape index (κ2) is 6.69. The molecule has 0 saturated heterocycles. The number of nitrogens with zero attached hydrogens (tertiary/aromatic N) is 3. The molecule has 0 spiro atoms. The summed E-state index contributed by atoms with van der Waals surface area (Å²) in [5.74, 6) is -1.18. The first-order valence-corrected chi connectivity index (χ1v) is 7.70. The monoisotopic (exact) mass is 359 g/mol. The Morgan fingerprint density at radius 1 is 1.20 bits per heavy atom. The number of amides is 1. The van der Waals surface area contributed by atoms with Crippen molar-refractivity contribution in [3.8, 4) is 11.3 Å². The molecule has 126 valence electrons. The molecule has 10 heteroatoms. The molecule has 8 nitrogen and oxygen atoms in total. The molecule has 3 aromatic rings. The molecule has 1 heterocycles. The smallest absolute Gasteiger partial charge is 0.283 e. The van der Waals surface area contributed by atoms with E-state index >= 15 is 0 Å². The zero-order valence-corrected chi connectivity index (χ0v) is 13.3. The minimum absolute atomic E-state index is 0.103. The van der Waals surface area contributed by atoms with E-state index in [0.29, 0.717) is 15.4 Å². The summed E-state index contributed by atoms with van der Waals surface area (Å²) < 4.78 is 13.0. The van der Waals surface area contributed by atoms with Gasteiger partial charge in [-0.15, -0.1) is 0 Å². The third-order valence-electron chi connectivity index (χ3n) is 3.25. The van der Waals surface area contributed by atoms with Crippen LogP contribution in [0.25, 0.3) is 11.3 Å². The Labute approximate surface area is 144 Å². The maximum absolute atomic E-state index is 13.0. The lowest BCUT2D eigenvalue weighted by molar-refractivity contribution is -0.387. The summed E-state index contributed by atoms with van der Waals surface area (Å²) in [7, 11) is 0. The molecule has 3 N–H and O–H groups in total.